The SMILES string of the molecule is Nc1ccc(-c2nc(-c3ccc(/C=C/c4ccc([N+](=O)[O-])cc4)cc3)[nH]c2-c2ccc(N)cc2)cc1. The first-order valence-electron chi connectivity index (χ1n) is 11.3. The average Bonchev–Trinajstić information content (AvgIpc) is 3.34. The maximum absolute atomic E-state index is 10.8. The Bertz CT molecular complexity index is 1470. The lowest BCUT2D eigenvalue weighted by atomic mass is 10.0. The number of H-pyrrole nitrogens is 1. The van der Waals surface area contributed by atoms with Crippen LogP contribution in [0.2, 0.25) is 0 Å². The van der Waals surface area contributed by atoms with Crippen LogP contribution in [0.25, 0.3) is 46.1 Å². The van der Waals surface area contributed by atoms with Crippen molar-refractivity contribution in [3.05, 3.63) is 118 Å². The summed E-state index contributed by atoms with van der Waals surface area (Å²) in [5.74, 6) is 0.750. The third kappa shape index (κ3) is 4.85. The van der Waals surface area contributed by atoms with Gasteiger partial charge in [0, 0.05) is 40.2 Å². The van der Waals surface area contributed by atoms with E-state index >= 15 is 0 Å². The first kappa shape index (κ1) is 22.6. The fourth-order valence-corrected chi connectivity index (χ4v) is 3.87. The van der Waals surface area contributed by atoms with Gasteiger partial charge in [-0.25, -0.2) is 4.98 Å². The average molecular weight is 474 g/mol. The predicted molar refractivity (Wildman–Crippen MR) is 146 cm³/mol. The van der Waals surface area contributed by atoms with Crippen molar-refractivity contribution in [3.8, 4) is 33.9 Å². The van der Waals surface area contributed by atoms with Gasteiger partial charge in [-0.3, -0.25) is 10.1 Å². The fourth-order valence-electron chi connectivity index (χ4n) is 3.87. The van der Waals surface area contributed by atoms with Crippen molar-refractivity contribution < 1.29 is 4.92 Å². The van der Waals surface area contributed by atoms with Crippen LogP contribution in [0.15, 0.2) is 97.1 Å². The van der Waals surface area contributed by atoms with Crippen LogP contribution in [0.5, 0.6) is 0 Å². The number of nitrogens with zero attached hydrogens (tertiary/aromatic N) is 2. The van der Waals surface area contributed by atoms with Gasteiger partial charge in [0.1, 0.15) is 5.82 Å². The predicted octanol–water partition coefficient (Wildman–Crippen LogP) is 6.65. The second kappa shape index (κ2) is 9.60. The number of rotatable bonds is 6. The highest BCUT2D eigenvalue weighted by Crippen LogP contribution is 2.34. The summed E-state index contributed by atoms with van der Waals surface area (Å²) >= 11 is 0. The standard InChI is InChI=1S/C29H23N5O2/c30-24-13-9-21(10-14-24)27-28(22-11-15-25(31)16-12-22)33-29(32-27)23-7-3-19(4-8-23)1-2-20-5-17-26(18-6-20)34(35)36/h1-18H,30-31H2,(H,32,33)/b2-1+. The zero-order valence-electron chi connectivity index (χ0n) is 19.3. The van der Waals surface area contributed by atoms with Crippen molar-refractivity contribution in [1.82, 2.24) is 9.97 Å². The number of benzene rings is 4. The molecule has 4 aromatic carbocycles. The van der Waals surface area contributed by atoms with E-state index in [0.29, 0.717) is 11.4 Å². The van der Waals surface area contributed by atoms with Crippen LogP contribution in [0.4, 0.5) is 17.1 Å². The second-order valence-electron chi connectivity index (χ2n) is 8.36. The van der Waals surface area contributed by atoms with Gasteiger partial charge in [-0.15, -0.1) is 0 Å². The molecule has 1 aromatic heterocycles. The van der Waals surface area contributed by atoms with Gasteiger partial charge in [-0.2, -0.15) is 0 Å². The molecule has 0 radical (unpaired) electrons. The number of aromatic amines is 1. The van der Waals surface area contributed by atoms with Crippen molar-refractivity contribution in [2.24, 2.45) is 0 Å². The Labute approximate surface area is 207 Å². The van der Waals surface area contributed by atoms with Crippen LogP contribution < -0.4 is 11.5 Å². The van der Waals surface area contributed by atoms with E-state index in [0.717, 1.165) is 45.0 Å². The zero-order chi connectivity index (χ0) is 25.1. The van der Waals surface area contributed by atoms with Crippen molar-refractivity contribution in [2.45, 2.75) is 0 Å². The number of imidazole rings is 1. The van der Waals surface area contributed by atoms with Gasteiger partial charge in [0.15, 0.2) is 0 Å². The minimum absolute atomic E-state index is 0.0756. The Morgan fingerprint density at radius 3 is 1.67 bits per heavy atom. The van der Waals surface area contributed by atoms with E-state index < -0.39 is 4.92 Å². The number of aromatic nitrogens is 2. The van der Waals surface area contributed by atoms with Crippen molar-refractivity contribution in [3.63, 3.8) is 0 Å². The molecule has 0 amide bonds. The van der Waals surface area contributed by atoms with E-state index in [9.17, 15) is 10.1 Å². The zero-order valence-corrected chi connectivity index (χ0v) is 19.3. The van der Waals surface area contributed by atoms with Crippen LogP contribution >= 0.6 is 0 Å². The van der Waals surface area contributed by atoms with E-state index in [4.69, 9.17) is 16.5 Å². The maximum Gasteiger partial charge on any atom is 0.269 e. The monoisotopic (exact) mass is 473 g/mol. The summed E-state index contributed by atoms with van der Waals surface area (Å²) in [6, 6.07) is 29.8. The van der Waals surface area contributed by atoms with Gasteiger partial charge in [0.05, 0.1) is 16.3 Å². The summed E-state index contributed by atoms with van der Waals surface area (Å²) in [6.45, 7) is 0. The van der Waals surface area contributed by atoms with Crippen LogP contribution in [0, 0.1) is 10.1 Å². The molecule has 0 saturated heterocycles. The molecule has 7 nitrogen and oxygen atoms in total. The molecule has 5 N–H and O–H groups in total. The number of nitrogens with one attached hydrogen (secondary N) is 1. The van der Waals surface area contributed by atoms with Crippen molar-refractivity contribution in [1.29, 1.82) is 0 Å². The minimum Gasteiger partial charge on any atom is -0.399 e. The Balaban J connectivity index is 1.44. The number of nitrogen functional groups attached to an aromatic ring is 2. The molecule has 0 saturated carbocycles. The summed E-state index contributed by atoms with van der Waals surface area (Å²) < 4.78 is 0. The number of hydrogen-bond acceptors (Lipinski definition) is 5. The minimum atomic E-state index is -0.405. The Morgan fingerprint density at radius 2 is 1.14 bits per heavy atom. The van der Waals surface area contributed by atoms with Crippen LogP contribution in [-0.4, -0.2) is 14.9 Å². The molecule has 0 spiro atoms. The highest BCUT2D eigenvalue weighted by molar-refractivity contribution is 5.82. The first-order chi connectivity index (χ1) is 17.5. The number of anilines is 2. The molecular formula is C29H23N5O2. The molecule has 0 fully saturated rings. The number of nitro benzene ring substituents is 1. The lowest BCUT2D eigenvalue weighted by Gasteiger charge is -2.04. The molecule has 0 aliphatic heterocycles. The molecule has 1 heterocycles. The van der Waals surface area contributed by atoms with Crippen LogP contribution in [-0.2, 0) is 0 Å². The lowest BCUT2D eigenvalue weighted by Crippen LogP contribution is -1.88. The molecule has 7 heteroatoms. The molecular weight excluding hydrogens is 450 g/mol. The normalized spacial score (nSPS) is 11.1. The second-order valence-corrected chi connectivity index (χ2v) is 8.36. The molecule has 5 rings (SSSR count). The van der Waals surface area contributed by atoms with E-state index in [-0.39, 0.29) is 5.69 Å². The number of hydrogen-bond donors (Lipinski definition) is 3. The van der Waals surface area contributed by atoms with Crippen LogP contribution in [0.1, 0.15) is 11.1 Å². The molecule has 5 aromatic rings. The summed E-state index contributed by atoms with van der Waals surface area (Å²) in [6.07, 6.45) is 3.89. The largest absolute Gasteiger partial charge is 0.399 e. The maximum atomic E-state index is 10.8. The van der Waals surface area contributed by atoms with Gasteiger partial charge in [0.25, 0.3) is 5.69 Å². The van der Waals surface area contributed by atoms with Gasteiger partial charge in [0.2, 0.25) is 0 Å². The topological polar surface area (TPSA) is 124 Å². The highest BCUT2D eigenvalue weighted by Gasteiger charge is 2.15. The van der Waals surface area contributed by atoms with Crippen molar-refractivity contribution >= 4 is 29.2 Å². The van der Waals surface area contributed by atoms with Crippen LogP contribution in [0.3, 0.4) is 0 Å². The lowest BCUT2D eigenvalue weighted by molar-refractivity contribution is -0.384. The Hall–Kier alpha value is -5.17. The van der Waals surface area contributed by atoms with Gasteiger partial charge >= 0.3 is 0 Å². The summed E-state index contributed by atoms with van der Waals surface area (Å²) in [7, 11) is 0. The van der Waals surface area contributed by atoms with Gasteiger partial charge in [-0.05, 0) is 47.5 Å². The number of nitro groups is 1. The molecule has 0 bridgehead atoms. The molecule has 176 valence electrons. The number of nitrogens with two attached hydrogens (primary N) is 2. The molecule has 36 heavy (non-hydrogen) atoms. The van der Waals surface area contributed by atoms with E-state index in [1.165, 1.54) is 12.1 Å². The van der Waals surface area contributed by atoms with Crippen molar-refractivity contribution in [2.75, 3.05) is 11.5 Å². The smallest absolute Gasteiger partial charge is 0.269 e. The quantitative estimate of drug-likeness (QED) is 0.110. The van der Waals surface area contributed by atoms with Gasteiger partial charge in [-0.1, -0.05) is 60.7 Å². The summed E-state index contributed by atoms with van der Waals surface area (Å²) in [4.78, 5) is 18.8. The van der Waals surface area contributed by atoms with E-state index in [1.54, 1.807) is 12.1 Å². The third-order valence-corrected chi connectivity index (χ3v) is 5.84. The Morgan fingerprint density at radius 1 is 0.667 bits per heavy atom. The summed E-state index contributed by atoms with van der Waals surface area (Å²) in [5.41, 5.74) is 19.8. The van der Waals surface area contributed by atoms with E-state index in [2.05, 4.69) is 4.98 Å². The molecule has 0 aliphatic rings. The molecule has 0 atom stereocenters. The molecule has 0 unspecified atom stereocenters. The Kier molecular flexibility index (Phi) is 6.03. The van der Waals surface area contributed by atoms with E-state index in [1.807, 2.05) is 84.9 Å². The first-order valence-corrected chi connectivity index (χ1v) is 11.3. The third-order valence-electron chi connectivity index (χ3n) is 5.84. The fraction of sp³-hybridized carbons (Fsp3) is 0. The highest BCUT2D eigenvalue weighted by atomic mass is 16.6. The molecule has 0 aliphatic carbocycles. The summed E-state index contributed by atoms with van der Waals surface area (Å²) in [5, 5.41) is 10.8. The number of non-ortho nitro benzene ring substituents is 1. The van der Waals surface area contributed by atoms with Gasteiger partial charge < -0.3 is 16.5 Å².